The van der Waals surface area contributed by atoms with Crippen molar-refractivity contribution in [2.45, 2.75) is 6.23 Å². The van der Waals surface area contributed by atoms with Crippen molar-refractivity contribution >= 4 is 0 Å². The number of hydroxylamine groups is 1. The maximum atomic E-state index is 5.26. The number of nitrogens with one attached hydrogen (secondary N) is 1. The van der Waals surface area contributed by atoms with Crippen LogP contribution in [0, 0.1) is 0 Å². The summed E-state index contributed by atoms with van der Waals surface area (Å²) >= 11 is 0. The molecule has 1 rings (SSSR count). The summed E-state index contributed by atoms with van der Waals surface area (Å²) < 4.78 is 0. The zero-order valence-corrected chi connectivity index (χ0v) is 3.92. The molecule has 1 unspecified atom stereocenters. The minimum absolute atomic E-state index is 0.256. The Morgan fingerprint density at radius 3 is 3.00 bits per heavy atom. The molecular formula is C4H8N2O. The number of hydrogen-bond donors (Lipinski definition) is 2. The third-order valence-electron chi connectivity index (χ3n) is 0.746. The average molecular weight is 100 g/mol. The molecule has 40 valence electrons. The zero-order valence-electron chi connectivity index (χ0n) is 3.92. The van der Waals surface area contributed by atoms with Gasteiger partial charge in [-0.2, -0.15) is 5.48 Å². The van der Waals surface area contributed by atoms with Gasteiger partial charge in [-0.1, -0.05) is 6.08 Å². The molecule has 0 spiro atoms. The molecule has 3 nitrogen and oxygen atoms in total. The first kappa shape index (κ1) is 4.77. The van der Waals surface area contributed by atoms with Gasteiger partial charge in [0.1, 0.15) is 6.23 Å². The van der Waals surface area contributed by atoms with E-state index in [2.05, 4.69) is 5.48 Å². The van der Waals surface area contributed by atoms with Crippen molar-refractivity contribution in [1.82, 2.24) is 5.48 Å². The maximum absolute atomic E-state index is 5.26. The molecular weight excluding hydrogens is 92.1 g/mol. The third-order valence-corrected chi connectivity index (χ3v) is 0.746. The van der Waals surface area contributed by atoms with E-state index in [9.17, 15) is 0 Å². The monoisotopic (exact) mass is 100 g/mol. The van der Waals surface area contributed by atoms with Gasteiger partial charge in [0, 0.05) is 6.54 Å². The minimum atomic E-state index is -0.256. The molecule has 0 bridgehead atoms. The van der Waals surface area contributed by atoms with E-state index >= 15 is 0 Å². The second-order valence-corrected chi connectivity index (χ2v) is 1.36. The van der Waals surface area contributed by atoms with Crippen LogP contribution in [0.5, 0.6) is 0 Å². The van der Waals surface area contributed by atoms with Crippen molar-refractivity contribution in [2.75, 3.05) is 6.54 Å². The molecule has 1 aliphatic heterocycles. The van der Waals surface area contributed by atoms with E-state index in [4.69, 9.17) is 10.6 Å². The first-order valence-electron chi connectivity index (χ1n) is 2.20. The largest absolute Gasteiger partial charge is 0.301 e. The highest BCUT2D eigenvalue weighted by atomic mass is 16.7. The maximum Gasteiger partial charge on any atom is 0.145 e. The third kappa shape index (κ3) is 1.27. The fourth-order valence-electron chi connectivity index (χ4n) is 0.434. The van der Waals surface area contributed by atoms with Crippen LogP contribution in [-0.4, -0.2) is 12.8 Å². The van der Waals surface area contributed by atoms with Crippen LogP contribution in [0.3, 0.4) is 0 Å². The van der Waals surface area contributed by atoms with Crippen molar-refractivity contribution in [3.63, 3.8) is 0 Å². The Morgan fingerprint density at radius 2 is 2.71 bits per heavy atom. The Kier molecular flexibility index (Phi) is 1.41. The number of hydrogen-bond acceptors (Lipinski definition) is 3. The molecule has 3 N–H and O–H groups in total. The number of rotatable bonds is 0. The van der Waals surface area contributed by atoms with Crippen LogP contribution in [-0.2, 0) is 4.84 Å². The molecule has 7 heavy (non-hydrogen) atoms. The lowest BCUT2D eigenvalue weighted by Crippen LogP contribution is -2.32. The molecule has 0 radical (unpaired) electrons. The summed E-state index contributed by atoms with van der Waals surface area (Å²) in [6.07, 6.45) is 3.47. The quantitative estimate of drug-likeness (QED) is 0.398. The van der Waals surface area contributed by atoms with Gasteiger partial charge < -0.3 is 5.73 Å². The van der Waals surface area contributed by atoms with Crippen molar-refractivity contribution < 1.29 is 4.84 Å². The van der Waals surface area contributed by atoms with Gasteiger partial charge in [-0.15, -0.1) is 0 Å². The predicted octanol–water partition coefficient (Wildman–Crippen LogP) is -0.638. The van der Waals surface area contributed by atoms with E-state index in [1.807, 2.05) is 6.08 Å². The molecule has 1 atom stereocenters. The number of nitrogens with two attached hydrogens (primary N) is 1. The molecule has 0 aromatic carbocycles. The van der Waals surface area contributed by atoms with Gasteiger partial charge in [-0.3, -0.25) is 4.84 Å². The SMILES string of the molecule is NC1C=CCNO1. The first-order chi connectivity index (χ1) is 3.39. The molecule has 0 fully saturated rings. The fraction of sp³-hybridized carbons (Fsp3) is 0.500. The molecule has 1 heterocycles. The van der Waals surface area contributed by atoms with Gasteiger partial charge >= 0.3 is 0 Å². The van der Waals surface area contributed by atoms with Crippen LogP contribution in [0.15, 0.2) is 12.2 Å². The van der Waals surface area contributed by atoms with Crippen LogP contribution >= 0.6 is 0 Å². The highest BCUT2D eigenvalue weighted by Crippen LogP contribution is 1.86. The van der Waals surface area contributed by atoms with Gasteiger partial charge in [0.2, 0.25) is 0 Å². The minimum Gasteiger partial charge on any atom is -0.301 e. The highest BCUT2D eigenvalue weighted by molar-refractivity contribution is 4.89. The Balaban J connectivity index is 2.36. The smallest absolute Gasteiger partial charge is 0.145 e. The Labute approximate surface area is 42.1 Å². The van der Waals surface area contributed by atoms with E-state index in [0.717, 1.165) is 6.54 Å². The Hall–Kier alpha value is -0.380. The van der Waals surface area contributed by atoms with Gasteiger partial charge in [-0.05, 0) is 6.08 Å². The average Bonchev–Trinajstić information content (AvgIpc) is 1.69. The van der Waals surface area contributed by atoms with Crippen molar-refractivity contribution in [3.05, 3.63) is 12.2 Å². The summed E-state index contributed by atoms with van der Waals surface area (Å²) in [5.74, 6) is 0. The molecule has 0 aromatic rings. The van der Waals surface area contributed by atoms with Gasteiger partial charge in [-0.25, -0.2) is 0 Å². The molecule has 0 aromatic heterocycles. The van der Waals surface area contributed by atoms with E-state index in [-0.39, 0.29) is 6.23 Å². The summed E-state index contributed by atoms with van der Waals surface area (Å²) in [5.41, 5.74) is 7.89. The van der Waals surface area contributed by atoms with E-state index in [0.29, 0.717) is 0 Å². The van der Waals surface area contributed by atoms with Gasteiger partial charge in [0.05, 0.1) is 0 Å². The van der Waals surface area contributed by atoms with Gasteiger partial charge in [0.15, 0.2) is 0 Å². The van der Waals surface area contributed by atoms with E-state index in [1.165, 1.54) is 0 Å². The van der Waals surface area contributed by atoms with Crippen molar-refractivity contribution in [2.24, 2.45) is 5.73 Å². The zero-order chi connectivity index (χ0) is 5.11. The van der Waals surface area contributed by atoms with Crippen LogP contribution in [0.2, 0.25) is 0 Å². The van der Waals surface area contributed by atoms with Gasteiger partial charge in [0.25, 0.3) is 0 Å². The molecule has 0 aliphatic carbocycles. The normalized spacial score (nSPS) is 30.7. The molecule has 0 saturated carbocycles. The topological polar surface area (TPSA) is 47.3 Å². The standard InChI is InChI=1S/C4H8N2O/c5-4-2-1-3-6-7-4/h1-2,4,6H,3,5H2. The Morgan fingerprint density at radius 1 is 1.86 bits per heavy atom. The van der Waals surface area contributed by atoms with Crippen molar-refractivity contribution in [3.8, 4) is 0 Å². The lowest BCUT2D eigenvalue weighted by molar-refractivity contribution is 0.00218. The van der Waals surface area contributed by atoms with Crippen LogP contribution in [0.1, 0.15) is 0 Å². The van der Waals surface area contributed by atoms with E-state index < -0.39 is 0 Å². The summed E-state index contributed by atoms with van der Waals surface area (Å²) in [6.45, 7) is 0.758. The predicted molar refractivity (Wildman–Crippen MR) is 26.2 cm³/mol. The molecule has 1 aliphatic rings. The second kappa shape index (κ2) is 2.07. The summed E-state index contributed by atoms with van der Waals surface area (Å²) in [7, 11) is 0. The van der Waals surface area contributed by atoms with E-state index in [1.54, 1.807) is 6.08 Å². The highest BCUT2D eigenvalue weighted by Gasteiger charge is 1.97. The van der Waals surface area contributed by atoms with Crippen LogP contribution < -0.4 is 11.2 Å². The lowest BCUT2D eigenvalue weighted by Gasteiger charge is -2.11. The lowest BCUT2D eigenvalue weighted by atomic mass is 10.4. The molecule has 0 amide bonds. The molecule has 0 saturated heterocycles. The summed E-state index contributed by atoms with van der Waals surface area (Å²) in [6, 6.07) is 0. The first-order valence-corrected chi connectivity index (χ1v) is 2.20. The Bertz CT molecular complexity index is 81.8. The van der Waals surface area contributed by atoms with Crippen LogP contribution in [0.25, 0.3) is 0 Å². The second-order valence-electron chi connectivity index (χ2n) is 1.36. The van der Waals surface area contributed by atoms with Crippen LogP contribution in [0.4, 0.5) is 0 Å². The van der Waals surface area contributed by atoms with Crippen molar-refractivity contribution in [1.29, 1.82) is 0 Å². The molecule has 3 heteroatoms. The summed E-state index contributed by atoms with van der Waals surface area (Å²) in [4.78, 5) is 4.72. The fourth-order valence-corrected chi connectivity index (χ4v) is 0.434. The summed E-state index contributed by atoms with van der Waals surface area (Å²) in [5, 5.41) is 0.